The highest BCUT2D eigenvalue weighted by Crippen LogP contribution is 2.37. The van der Waals surface area contributed by atoms with Crippen molar-refractivity contribution in [2.75, 3.05) is 0 Å². The van der Waals surface area contributed by atoms with Gasteiger partial charge < -0.3 is 0 Å². The van der Waals surface area contributed by atoms with Gasteiger partial charge >= 0.3 is 0 Å². The van der Waals surface area contributed by atoms with Gasteiger partial charge in [0.05, 0.1) is 0 Å². The molecule has 42 valence electrons. The average molecular weight is 111 g/mol. The first-order valence-electron chi connectivity index (χ1n) is 3.10. The van der Waals surface area contributed by atoms with Crippen molar-refractivity contribution < 1.29 is 1.41 Å². The van der Waals surface area contributed by atoms with Crippen molar-refractivity contribution in [1.82, 2.24) is 20.6 Å². The number of hydrogen-bond donors (Lipinski definition) is 1. The Kier molecular flexibility index (Phi) is 0.504. The van der Waals surface area contributed by atoms with E-state index >= 15 is 0 Å². The topological polar surface area (TPSA) is 54.5 Å². The quantitative estimate of drug-likeness (QED) is 0.558. The van der Waals surface area contributed by atoms with Gasteiger partial charge in [-0.15, -0.1) is 10.2 Å². The highest BCUT2D eigenvalue weighted by molar-refractivity contribution is 4.99. The Morgan fingerprint density at radius 1 is 1.75 bits per heavy atom. The molecule has 0 amide bonds. The first-order valence-corrected chi connectivity index (χ1v) is 2.65. The lowest BCUT2D eigenvalue weighted by Gasteiger charge is -1.76. The van der Waals surface area contributed by atoms with Crippen molar-refractivity contribution in [3.63, 3.8) is 0 Å². The molecular formula is C4H6N4. The molecule has 0 spiro atoms. The molecule has 1 aromatic heterocycles. The van der Waals surface area contributed by atoms with E-state index in [-0.39, 0.29) is 0 Å². The summed E-state index contributed by atoms with van der Waals surface area (Å²) in [6, 6.07) is 0. The van der Waals surface area contributed by atoms with Gasteiger partial charge in [-0.2, -0.15) is 5.21 Å². The molecule has 1 heterocycles. The Balaban J connectivity index is 2.28. The van der Waals surface area contributed by atoms with E-state index < -0.39 is 0 Å². The van der Waals surface area contributed by atoms with Crippen LogP contribution in [-0.4, -0.2) is 20.6 Å². The lowest BCUT2D eigenvalue weighted by Crippen LogP contribution is -1.80. The van der Waals surface area contributed by atoms with Crippen LogP contribution in [0.1, 0.15) is 24.6 Å². The molecule has 0 aromatic carbocycles. The molecule has 4 nitrogen and oxygen atoms in total. The molecule has 1 saturated carbocycles. The molecule has 0 bridgehead atoms. The van der Waals surface area contributed by atoms with Gasteiger partial charge in [-0.05, 0) is 12.8 Å². The Hall–Kier alpha value is -0.930. The zero-order valence-corrected chi connectivity index (χ0v) is 4.28. The third-order valence-corrected chi connectivity index (χ3v) is 1.28. The Labute approximate surface area is 47.8 Å². The number of aromatic nitrogens is 4. The summed E-state index contributed by atoms with van der Waals surface area (Å²) in [5, 5.41) is 11.6. The van der Waals surface area contributed by atoms with E-state index in [9.17, 15) is 0 Å². The smallest absolute Gasteiger partial charge is 0.177 e. The number of tetrazole rings is 1. The minimum absolute atomic E-state index is 0.504. The molecule has 0 saturated heterocycles. The Morgan fingerprint density at radius 3 is 3.12 bits per heavy atom. The van der Waals surface area contributed by atoms with Crippen LogP contribution in [0.5, 0.6) is 0 Å². The molecule has 1 aliphatic carbocycles. The van der Waals surface area contributed by atoms with Crippen molar-refractivity contribution in [2.45, 2.75) is 18.8 Å². The van der Waals surface area contributed by atoms with E-state index in [1.54, 1.807) is 0 Å². The summed E-state index contributed by atoms with van der Waals surface area (Å²) in [5.41, 5.74) is 0. The van der Waals surface area contributed by atoms with Crippen LogP contribution in [0, 0.1) is 0 Å². The largest absolute Gasteiger partial charge is 0.216 e. The summed E-state index contributed by atoms with van der Waals surface area (Å²) in [4.78, 5) is 0. The number of nitrogens with zero attached hydrogens (tertiary/aromatic N) is 3. The lowest BCUT2D eigenvalue weighted by atomic mass is 10.4. The second-order valence-electron chi connectivity index (χ2n) is 2.01. The van der Waals surface area contributed by atoms with Gasteiger partial charge in [-0.1, -0.05) is 5.21 Å². The Bertz CT molecular complexity index is 216. The highest BCUT2D eigenvalue weighted by Gasteiger charge is 2.27. The molecule has 0 aliphatic heterocycles. The van der Waals surface area contributed by atoms with Crippen molar-refractivity contribution >= 4 is 0 Å². The van der Waals surface area contributed by atoms with Gasteiger partial charge in [0.1, 0.15) is 0 Å². The molecule has 1 N–H and O–H groups in total. The first kappa shape index (κ1) is 3.17. The highest BCUT2D eigenvalue weighted by atomic mass is 15.5. The van der Waals surface area contributed by atoms with Crippen LogP contribution < -0.4 is 0 Å². The summed E-state index contributed by atoms with van der Waals surface area (Å²) in [6.07, 6.45) is 2.32. The Morgan fingerprint density at radius 2 is 2.62 bits per heavy atom. The number of aromatic amines is 1. The summed E-state index contributed by atoms with van der Waals surface area (Å²) in [7, 11) is 0. The molecule has 0 radical (unpaired) electrons. The van der Waals surface area contributed by atoms with Gasteiger partial charge in [0.15, 0.2) is 5.82 Å². The second kappa shape index (κ2) is 1.27. The predicted molar refractivity (Wildman–Crippen MR) is 26.2 cm³/mol. The summed E-state index contributed by atoms with van der Waals surface area (Å²) in [6.45, 7) is 0. The van der Waals surface area contributed by atoms with Crippen LogP contribution in [0.15, 0.2) is 0 Å². The minimum atomic E-state index is 0.504. The van der Waals surface area contributed by atoms with Gasteiger partial charge in [-0.3, -0.25) is 0 Å². The standard InChI is InChI=1S/C4H6N4/c1-2-3(1)4-5-7-8-6-4/h3H,1-2H2,(H,5,6,7,8)/i/hD. The van der Waals surface area contributed by atoms with E-state index in [2.05, 4.69) is 15.4 Å². The maximum atomic E-state index is 6.87. The summed E-state index contributed by atoms with van der Waals surface area (Å²) >= 11 is 0. The molecule has 1 fully saturated rings. The number of rotatable bonds is 1. The van der Waals surface area contributed by atoms with Crippen molar-refractivity contribution in [3.05, 3.63) is 5.82 Å². The van der Waals surface area contributed by atoms with E-state index in [0.717, 1.165) is 23.9 Å². The monoisotopic (exact) mass is 111 g/mol. The van der Waals surface area contributed by atoms with Gasteiger partial charge in [-0.25, -0.2) is 0 Å². The van der Waals surface area contributed by atoms with Crippen LogP contribution >= 0.6 is 0 Å². The predicted octanol–water partition coefficient (Wildman–Crippen LogP) is 0.0771. The molecule has 4 heteroatoms. The number of nitrogens with one attached hydrogen (secondary N) is 1. The minimum Gasteiger partial charge on any atom is -0.177 e. The third-order valence-electron chi connectivity index (χ3n) is 1.28. The van der Waals surface area contributed by atoms with E-state index in [4.69, 9.17) is 1.41 Å². The lowest BCUT2D eigenvalue weighted by molar-refractivity contribution is 0.881. The molecule has 2 rings (SSSR count). The van der Waals surface area contributed by atoms with Gasteiger partial charge in [0.25, 0.3) is 0 Å². The normalized spacial score (nSPS) is 20.8. The van der Waals surface area contributed by atoms with Gasteiger partial charge in [0, 0.05) is 5.92 Å². The third kappa shape index (κ3) is 0.492. The van der Waals surface area contributed by atoms with Crippen LogP contribution in [0.3, 0.4) is 0 Å². The molecule has 1 aromatic rings. The maximum Gasteiger partial charge on any atom is 0.216 e. The van der Waals surface area contributed by atoms with Crippen molar-refractivity contribution in [3.8, 4) is 0 Å². The van der Waals surface area contributed by atoms with Crippen LogP contribution in [-0.2, 0) is 0 Å². The van der Waals surface area contributed by atoms with Gasteiger partial charge in [0.2, 0.25) is 1.41 Å². The van der Waals surface area contributed by atoms with E-state index in [1.165, 1.54) is 0 Å². The molecule has 1 aliphatic rings. The molecular weight excluding hydrogens is 104 g/mol. The zero-order valence-electron chi connectivity index (χ0n) is 5.28. The number of H-pyrrole nitrogens is 1. The fourth-order valence-electron chi connectivity index (χ4n) is 0.656. The van der Waals surface area contributed by atoms with Crippen LogP contribution in [0.2, 0.25) is 1.41 Å². The van der Waals surface area contributed by atoms with Crippen LogP contribution in [0.4, 0.5) is 0 Å². The second-order valence-corrected chi connectivity index (χ2v) is 2.01. The number of hydrogen-bond acceptors (Lipinski definition) is 3. The van der Waals surface area contributed by atoms with Crippen molar-refractivity contribution in [1.29, 1.82) is 0 Å². The SMILES string of the molecule is [2H]n1nnc(C2CC2)n1. The first-order chi connectivity index (χ1) is 4.36. The molecule has 8 heavy (non-hydrogen) atoms. The molecule has 0 unspecified atom stereocenters. The van der Waals surface area contributed by atoms with Crippen molar-refractivity contribution in [2.24, 2.45) is 0 Å². The average Bonchev–Trinajstić information content (AvgIpc) is 2.58. The fourth-order valence-corrected chi connectivity index (χ4v) is 0.656. The van der Waals surface area contributed by atoms with E-state index in [0.29, 0.717) is 5.92 Å². The fraction of sp³-hybridized carbons (Fsp3) is 0.750. The van der Waals surface area contributed by atoms with E-state index in [1.807, 2.05) is 0 Å². The summed E-state index contributed by atoms with van der Waals surface area (Å²) < 4.78 is 6.87. The van der Waals surface area contributed by atoms with Crippen LogP contribution in [0.25, 0.3) is 0 Å². The zero-order chi connectivity index (χ0) is 6.27. The maximum absolute atomic E-state index is 6.87. The summed E-state index contributed by atoms with van der Waals surface area (Å²) in [5.74, 6) is 1.23. The molecule has 0 atom stereocenters.